The zero-order valence-corrected chi connectivity index (χ0v) is 16.5. The van der Waals surface area contributed by atoms with Gasteiger partial charge >= 0.3 is 0 Å². The third-order valence-corrected chi connectivity index (χ3v) is 4.71. The molecule has 0 spiro atoms. The first-order chi connectivity index (χ1) is 14.2. The first kappa shape index (κ1) is 18.7. The number of amides is 1. The number of aryl methyl sites for hydroxylation is 1. The standard InChI is InChI=1S/C25H22N2O2/c1-3-29-24-14-7-6-13-22(24)27-25(28)20-16-23(18-10-8-9-17(2)15-18)26-21-12-5-4-11-19(20)21/h4-16H,3H2,1-2H3,(H,27,28). The number of hydrogen-bond donors (Lipinski definition) is 1. The Balaban J connectivity index is 1.79. The summed E-state index contributed by atoms with van der Waals surface area (Å²) in [5, 5.41) is 3.82. The van der Waals surface area contributed by atoms with Crippen LogP contribution >= 0.6 is 0 Å². The maximum Gasteiger partial charge on any atom is 0.256 e. The first-order valence-electron chi connectivity index (χ1n) is 9.65. The molecule has 4 aromatic rings. The Morgan fingerprint density at radius 2 is 1.76 bits per heavy atom. The fourth-order valence-electron chi connectivity index (χ4n) is 3.36. The molecule has 0 bridgehead atoms. The molecule has 0 saturated carbocycles. The molecular formula is C25H22N2O2. The lowest BCUT2D eigenvalue weighted by molar-refractivity contribution is 0.102. The van der Waals surface area contributed by atoms with Crippen LogP contribution < -0.4 is 10.1 Å². The van der Waals surface area contributed by atoms with E-state index in [2.05, 4.69) is 11.4 Å². The highest BCUT2D eigenvalue weighted by Gasteiger charge is 2.15. The summed E-state index contributed by atoms with van der Waals surface area (Å²) in [4.78, 5) is 18.0. The topological polar surface area (TPSA) is 51.2 Å². The Hall–Kier alpha value is -3.66. The van der Waals surface area contributed by atoms with Crippen molar-refractivity contribution >= 4 is 22.5 Å². The molecule has 0 aliphatic heterocycles. The predicted octanol–water partition coefficient (Wildman–Crippen LogP) is 5.86. The molecule has 144 valence electrons. The number of para-hydroxylation sites is 3. The Kier molecular flexibility index (Phi) is 5.25. The number of nitrogens with one attached hydrogen (secondary N) is 1. The van der Waals surface area contributed by atoms with Gasteiger partial charge in [-0.3, -0.25) is 4.79 Å². The predicted molar refractivity (Wildman–Crippen MR) is 117 cm³/mol. The van der Waals surface area contributed by atoms with Gasteiger partial charge in [0.2, 0.25) is 0 Å². The number of carbonyl (C=O) groups excluding carboxylic acids is 1. The van der Waals surface area contributed by atoms with E-state index in [1.807, 2.05) is 86.6 Å². The SMILES string of the molecule is CCOc1ccccc1NC(=O)c1cc(-c2cccc(C)c2)nc2ccccc12. The van der Waals surface area contributed by atoms with E-state index in [0.29, 0.717) is 23.6 Å². The van der Waals surface area contributed by atoms with Crippen molar-refractivity contribution in [3.63, 3.8) is 0 Å². The van der Waals surface area contributed by atoms with Gasteiger partial charge in [0, 0.05) is 10.9 Å². The second kappa shape index (κ2) is 8.15. The number of ether oxygens (including phenoxy) is 1. The highest BCUT2D eigenvalue weighted by Crippen LogP contribution is 2.28. The molecule has 0 radical (unpaired) electrons. The van der Waals surface area contributed by atoms with Crippen molar-refractivity contribution in [3.8, 4) is 17.0 Å². The molecule has 4 rings (SSSR count). The van der Waals surface area contributed by atoms with Gasteiger partial charge in [0.15, 0.2) is 0 Å². The molecule has 1 heterocycles. The normalized spacial score (nSPS) is 10.7. The average Bonchev–Trinajstić information content (AvgIpc) is 2.74. The van der Waals surface area contributed by atoms with Crippen LogP contribution in [-0.4, -0.2) is 17.5 Å². The molecule has 0 atom stereocenters. The Morgan fingerprint density at radius 1 is 0.966 bits per heavy atom. The number of anilines is 1. The number of hydrogen-bond acceptors (Lipinski definition) is 3. The monoisotopic (exact) mass is 382 g/mol. The van der Waals surface area contributed by atoms with Gasteiger partial charge in [-0.1, -0.05) is 54.1 Å². The number of carbonyl (C=O) groups is 1. The fourth-order valence-corrected chi connectivity index (χ4v) is 3.36. The second-order valence-electron chi connectivity index (χ2n) is 6.82. The number of pyridine rings is 1. The number of rotatable bonds is 5. The Labute approximate surface area is 170 Å². The van der Waals surface area contributed by atoms with Crippen molar-refractivity contribution in [2.75, 3.05) is 11.9 Å². The molecule has 0 saturated heterocycles. The second-order valence-corrected chi connectivity index (χ2v) is 6.82. The average molecular weight is 382 g/mol. The van der Waals surface area contributed by atoms with Gasteiger partial charge < -0.3 is 10.1 Å². The van der Waals surface area contributed by atoms with Crippen LogP contribution in [0.25, 0.3) is 22.2 Å². The molecule has 1 amide bonds. The van der Waals surface area contributed by atoms with Gasteiger partial charge in [0.05, 0.1) is 29.1 Å². The summed E-state index contributed by atoms with van der Waals surface area (Å²) in [6.07, 6.45) is 0. The quantitative estimate of drug-likeness (QED) is 0.470. The van der Waals surface area contributed by atoms with Crippen LogP contribution in [0.5, 0.6) is 5.75 Å². The summed E-state index contributed by atoms with van der Waals surface area (Å²) in [6.45, 7) is 4.49. The van der Waals surface area contributed by atoms with Crippen LogP contribution in [0.1, 0.15) is 22.8 Å². The minimum atomic E-state index is -0.190. The summed E-state index contributed by atoms with van der Waals surface area (Å²) >= 11 is 0. The van der Waals surface area contributed by atoms with Crippen molar-refractivity contribution in [2.24, 2.45) is 0 Å². The minimum Gasteiger partial charge on any atom is -0.492 e. The van der Waals surface area contributed by atoms with Gasteiger partial charge in [-0.25, -0.2) is 4.98 Å². The molecule has 0 aliphatic carbocycles. The third-order valence-electron chi connectivity index (χ3n) is 4.71. The van der Waals surface area contributed by atoms with E-state index in [0.717, 1.165) is 27.7 Å². The molecule has 1 N–H and O–H groups in total. The van der Waals surface area contributed by atoms with Crippen molar-refractivity contribution in [3.05, 3.63) is 90.0 Å². The van der Waals surface area contributed by atoms with Crippen LogP contribution in [0.2, 0.25) is 0 Å². The van der Waals surface area contributed by atoms with E-state index in [9.17, 15) is 4.79 Å². The maximum atomic E-state index is 13.2. The van der Waals surface area contributed by atoms with Gasteiger partial charge in [-0.05, 0) is 44.2 Å². The van der Waals surface area contributed by atoms with E-state index in [4.69, 9.17) is 9.72 Å². The highest BCUT2D eigenvalue weighted by atomic mass is 16.5. The van der Waals surface area contributed by atoms with Gasteiger partial charge in [0.25, 0.3) is 5.91 Å². The minimum absolute atomic E-state index is 0.190. The van der Waals surface area contributed by atoms with Gasteiger partial charge in [-0.2, -0.15) is 0 Å². The van der Waals surface area contributed by atoms with E-state index < -0.39 is 0 Å². The largest absolute Gasteiger partial charge is 0.492 e. The Morgan fingerprint density at radius 3 is 2.59 bits per heavy atom. The molecular weight excluding hydrogens is 360 g/mol. The van der Waals surface area contributed by atoms with Crippen LogP contribution in [0.4, 0.5) is 5.69 Å². The van der Waals surface area contributed by atoms with Crippen LogP contribution in [-0.2, 0) is 0 Å². The number of benzene rings is 3. The molecule has 1 aromatic heterocycles. The highest BCUT2D eigenvalue weighted by molar-refractivity contribution is 6.13. The van der Waals surface area contributed by atoms with E-state index in [1.54, 1.807) is 0 Å². The Bertz CT molecular complexity index is 1180. The van der Waals surface area contributed by atoms with Crippen LogP contribution in [0.15, 0.2) is 78.9 Å². The summed E-state index contributed by atoms with van der Waals surface area (Å²) in [5.41, 5.74) is 4.93. The van der Waals surface area contributed by atoms with E-state index >= 15 is 0 Å². The summed E-state index contributed by atoms with van der Waals surface area (Å²) < 4.78 is 5.64. The number of aromatic nitrogens is 1. The zero-order valence-electron chi connectivity index (χ0n) is 16.5. The van der Waals surface area contributed by atoms with Gasteiger partial charge in [-0.15, -0.1) is 0 Å². The van der Waals surface area contributed by atoms with Gasteiger partial charge in [0.1, 0.15) is 5.75 Å². The lowest BCUT2D eigenvalue weighted by Crippen LogP contribution is -2.14. The maximum absolute atomic E-state index is 13.2. The fraction of sp³-hybridized carbons (Fsp3) is 0.120. The summed E-state index contributed by atoms with van der Waals surface area (Å²) in [7, 11) is 0. The molecule has 4 heteroatoms. The summed E-state index contributed by atoms with van der Waals surface area (Å²) in [5.74, 6) is 0.463. The van der Waals surface area contributed by atoms with Crippen molar-refractivity contribution in [1.82, 2.24) is 4.98 Å². The molecule has 4 nitrogen and oxygen atoms in total. The van der Waals surface area contributed by atoms with Crippen LogP contribution in [0.3, 0.4) is 0 Å². The molecule has 0 aliphatic rings. The van der Waals surface area contributed by atoms with Crippen LogP contribution in [0, 0.1) is 6.92 Å². The lowest BCUT2D eigenvalue weighted by atomic mass is 10.0. The summed E-state index contributed by atoms with van der Waals surface area (Å²) in [6, 6.07) is 25.1. The number of fused-ring (bicyclic) bond motifs is 1. The molecule has 0 unspecified atom stereocenters. The number of nitrogens with zero attached hydrogens (tertiary/aromatic N) is 1. The molecule has 29 heavy (non-hydrogen) atoms. The van der Waals surface area contributed by atoms with E-state index in [1.165, 1.54) is 0 Å². The lowest BCUT2D eigenvalue weighted by Gasteiger charge is -2.13. The molecule has 0 fully saturated rings. The van der Waals surface area contributed by atoms with Crippen molar-refractivity contribution in [2.45, 2.75) is 13.8 Å². The van der Waals surface area contributed by atoms with E-state index in [-0.39, 0.29) is 5.91 Å². The smallest absolute Gasteiger partial charge is 0.256 e. The van der Waals surface area contributed by atoms with Crippen molar-refractivity contribution < 1.29 is 9.53 Å². The van der Waals surface area contributed by atoms with Crippen molar-refractivity contribution in [1.29, 1.82) is 0 Å². The zero-order chi connectivity index (χ0) is 20.2. The third kappa shape index (κ3) is 3.97. The molecule has 3 aromatic carbocycles. The first-order valence-corrected chi connectivity index (χ1v) is 9.65.